The highest BCUT2D eigenvalue weighted by Gasteiger charge is 2.44. The van der Waals surface area contributed by atoms with Crippen LogP contribution in [0, 0.1) is 10.1 Å². The van der Waals surface area contributed by atoms with Crippen molar-refractivity contribution in [3.63, 3.8) is 0 Å². The van der Waals surface area contributed by atoms with Crippen molar-refractivity contribution in [1.29, 1.82) is 0 Å². The molecular weight excluding hydrogens is 426 g/mol. The summed E-state index contributed by atoms with van der Waals surface area (Å²) in [6.45, 7) is 4.21. The number of nitrogens with zero attached hydrogens (tertiary/aromatic N) is 2. The average Bonchev–Trinajstić information content (AvgIpc) is 3.10. The first kappa shape index (κ1) is 22.6. The van der Waals surface area contributed by atoms with Gasteiger partial charge in [0.2, 0.25) is 5.78 Å². The van der Waals surface area contributed by atoms with Gasteiger partial charge in [-0.05, 0) is 11.1 Å². The van der Waals surface area contributed by atoms with Crippen molar-refractivity contribution >= 4 is 23.1 Å². The third-order valence-corrected chi connectivity index (χ3v) is 6.09. The van der Waals surface area contributed by atoms with Crippen LogP contribution < -0.4 is 10.0 Å². The number of likely N-dealkylation sites (tertiary alicyclic amines) is 1. The monoisotopic (exact) mass is 451 g/mol. The molecule has 2 aromatic rings. The summed E-state index contributed by atoms with van der Waals surface area (Å²) in [6, 6.07) is 13.1. The van der Waals surface area contributed by atoms with Crippen molar-refractivity contribution < 1.29 is 29.3 Å². The molecule has 0 aromatic heterocycles. The molecule has 1 atom stereocenters. The largest absolute Gasteiger partial charge is 0.872 e. The number of ketones is 1. The molecule has 4 rings (SSSR count). The Kier molecular flexibility index (Phi) is 6.81. The van der Waals surface area contributed by atoms with Gasteiger partial charge in [-0.15, -0.1) is 0 Å². The van der Waals surface area contributed by atoms with E-state index in [0.717, 1.165) is 19.6 Å². The number of carbonyl (C=O) groups excluding carboxylic acids is 2. The van der Waals surface area contributed by atoms with Crippen LogP contribution in [-0.4, -0.2) is 60.9 Å². The van der Waals surface area contributed by atoms with Crippen LogP contribution in [0.25, 0.3) is 5.76 Å². The zero-order valence-corrected chi connectivity index (χ0v) is 18.1. The second kappa shape index (κ2) is 9.93. The highest BCUT2D eigenvalue weighted by Crippen LogP contribution is 2.39. The molecule has 9 heteroatoms. The number of benzene rings is 2. The third kappa shape index (κ3) is 4.79. The highest BCUT2D eigenvalue weighted by atomic mass is 16.6. The van der Waals surface area contributed by atoms with Crippen molar-refractivity contribution in [2.75, 3.05) is 39.4 Å². The van der Waals surface area contributed by atoms with Crippen LogP contribution in [-0.2, 0) is 14.3 Å². The summed E-state index contributed by atoms with van der Waals surface area (Å²) in [5, 5.41) is 24.6. The summed E-state index contributed by atoms with van der Waals surface area (Å²) >= 11 is 0. The number of Topliss-reactive ketones (excluding diaryl/α,β-unsaturated/α-hetero) is 1. The first-order valence-corrected chi connectivity index (χ1v) is 10.9. The Morgan fingerprint density at radius 1 is 1.09 bits per heavy atom. The van der Waals surface area contributed by atoms with Crippen molar-refractivity contribution in [2.45, 2.75) is 12.5 Å². The van der Waals surface area contributed by atoms with Gasteiger partial charge in [0.05, 0.1) is 30.7 Å². The molecule has 0 radical (unpaired) electrons. The molecule has 2 saturated heterocycles. The van der Waals surface area contributed by atoms with Crippen LogP contribution in [0.4, 0.5) is 5.69 Å². The van der Waals surface area contributed by atoms with Crippen LogP contribution >= 0.6 is 0 Å². The molecule has 33 heavy (non-hydrogen) atoms. The van der Waals surface area contributed by atoms with E-state index in [0.29, 0.717) is 30.8 Å². The Morgan fingerprint density at radius 3 is 2.52 bits per heavy atom. The van der Waals surface area contributed by atoms with E-state index in [9.17, 15) is 24.8 Å². The van der Waals surface area contributed by atoms with E-state index >= 15 is 0 Å². The van der Waals surface area contributed by atoms with Gasteiger partial charge < -0.3 is 19.6 Å². The number of nitro benzene ring substituents is 1. The maximum atomic E-state index is 13.3. The summed E-state index contributed by atoms with van der Waals surface area (Å²) in [7, 11) is 0. The molecule has 1 unspecified atom stereocenters. The Balaban J connectivity index is 1.70. The fourth-order valence-electron chi connectivity index (χ4n) is 4.41. The first-order valence-electron chi connectivity index (χ1n) is 10.9. The number of hydrogen-bond donors (Lipinski definition) is 1. The van der Waals surface area contributed by atoms with Gasteiger partial charge in [0.1, 0.15) is 13.1 Å². The molecule has 0 aliphatic carbocycles. The zero-order valence-electron chi connectivity index (χ0n) is 18.1. The smallest absolute Gasteiger partial charge is 0.295 e. The van der Waals surface area contributed by atoms with E-state index in [-0.39, 0.29) is 17.8 Å². The molecule has 0 bridgehead atoms. The minimum atomic E-state index is -0.961. The second-order valence-electron chi connectivity index (χ2n) is 8.16. The van der Waals surface area contributed by atoms with Crippen molar-refractivity contribution in [1.82, 2.24) is 4.90 Å². The molecule has 2 aliphatic heterocycles. The summed E-state index contributed by atoms with van der Waals surface area (Å²) in [4.78, 5) is 39.5. The highest BCUT2D eigenvalue weighted by molar-refractivity contribution is 6.46. The Bertz CT molecular complexity index is 1080. The SMILES string of the molecule is O=C1C(=O)N(CCC[NH+]2CCOCC2)C(c2cccc([N+](=O)[O-])c2)C1=C([O-])c1ccccc1. The topological polar surface area (TPSA) is 117 Å². The predicted molar refractivity (Wildman–Crippen MR) is 117 cm³/mol. The minimum absolute atomic E-state index is 0.162. The van der Waals surface area contributed by atoms with E-state index in [1.807, 2.05) is 0 Å². The van der Waals surface area contributed by atoms with Gasteiger partial charge in [0.25, 0.3) is 11.6 Å². The molecule has 2 aliphatic rings. The molecule has 1 N–H and O–H groups in total. The Hall–Kier alpha value is -3.56. The lowest BCUT2D eigenvalue weighted by molar-refractivity contribution is -0.908. The number of carbonyl (C=O) groups is 2. The zero-order chi connectivity index (χ0) is 23.4. The molecule has 9 nitrogen and oxygen atoms in total. The van der Waals surface area contributed by atoms with Gasteiger partial charge >= 0.3 is 0 Å². The van der Waals surface area contributed by atoms with E-state index in [4.69, 9.17) is 4.74 Å². The van der Waals surface area contributed by atoms with E-state index in [2.05, 4.69) is 0 Å². The fourth-order valence-corrected chi connectivity index (χ4v) is 4.41. The van der Waals surface area contributed by atoms with Crippen LogP contribution in [0.3, 0.4) is 0 Å². The van der Waals surface area contributed by atoms with Crippen LogP contribution in [0.2, 0.25) is 0 Å². The average molecular weight is 451 g/mol. The summed E-state index contributed by atoms with van der Waals surface area (Å²) in [5.74, 6) is -2.13. The number of quaternary nitrogens is 1. The van der Waals surface area contributed by atoms with Gasteiger partial charge in [-0.2, -0.15) is 0 Å². The lowest BCUT2D eigenvalue weighted by atomic mass is 9.95. The molecule has 1 amide bonds. The fraction of sp³-hybridized carbons (Fsp3) is 0.333. The lowest BCUT2D eigenvalue weighted by Gasteiger charge is -2.28. The number of rotatable bonds is 7. The molecule has 2 aromatic carbocycles. The Morgan fingerprint density at radius 2 is 1.82 bits per heavy atom. The van der Waals surface area contributed by atoms with Crippen LogP contribution in [0.15, 0.2) is 60.2 Å². The number of hydrogen-bond acceptors (Lipinski definition) is 6. The van der Waals surface area contributed by atoms with Crippen molar-refractivity contribution in [3.05, 3.63) is 81.4 Å². The van der Waals surface area contributed by atoms with Gasteiger partial charge in [0.15, 0.2) is 0 Å². The lowest BCUT2D eigenvalue weighted by Crippen LogP contribution is -3.14. The Labute approximate surface area is 191 Å². The summed E-state index contributed by atoms with van der Waals surface area (Å²) in [5.41, 5.74) is 0.346. The first-order chi connectivity index (χ1) is 16.0. The normalized spacial score (nSPS) is 20.8. The van der Waals surface area contributed by atoms with Crippen LogP contribution in [0.1, 0.15) is 23.6 Å². The number of nitro groups is 1. The maximum absolute atomic E-state index is 13.3. The van der Waals surface area contributed by atoms with Gasteiger partial charge in [-0.1, -0.05) is 48.2 Å². The second-order valence-corrected chi connectivity index (χ2v) is 8.16. The number of ether oxygens (including phenoxy) is 1. The third-order valence-electron chi connectivity index (χ3n) is 6.09. The number of nitrogens with one attached hydrogen (secondary N) is 1. The van der Waals surface area contributed by atoms with E-state index < -0.39 is 28.4 Å². The summed E-state index contributed by atoms with van der Waals surface area (Å²) < 4.78 is 5.37. The minimum Gasteiger partial charge on any atom is -0.872 e. The van der Waals surface area contributed by atoms with E-state index in [1.165, 1.54) is 28.0 Å². The van der Waals surface area contributed by atoms with E-state index in [1.54, 1.807) is 36.4 Å². The number of amides is 1. The standard InChI is InChI=1S/C24H25N3O6/c28-22(17-6-2-1-3-7-17)20-21(18-8-4-9-19(16-18)27(31)32)26(24(30)23(20)29)11-5-10-25-12-14-33-15-13-25/h1-4,6-9,16,21,28H,5,10-15H2. The molecule has 0 saturated carbocycles. The quantitative estimate of drug-likeness (QED) is 0.210. The predicted octanol–water partition coefficient (Wildman–Crippen LogP) is 0.124. The van der Waals surface area contributed by atoms with Gasteiger partial charge in [-0.25, -0.2) is 0 Å². The van der Waals surface area contributed by atoms with Crippen molar-refractivity contribution in [3.8, 4) is 0 Å². The summed E-state index contributed by atoms with van der Waals surface area (Å²) in [6.07, 6.45) is 0.632. The van der Waals surface area contributed by atoms with Crippen molar-refractivity contribution in [2.24, 2.45) is 0 Å². The number of morpholine rings is 1. The number of non-ortho nitro benzene ring substituents is 1. The van der Waals surface area contributed by atoms with Gasteiger partial charge in [-0.3, -0.25) is 19.7 Å². The molecule has 2 heterocycles. The van der Waals surface area contributed by atoms with Gasteiger partial charge in [0, 0.05) is 30.7 Å². The molecule has 172 valence electrons. The maximum Gasteiger partial charge on any atom is 0.295 e. The molecule has 0 spiro atoms. The molecular formula is C24H25N3O6. The van der Waals surface area contributed by atoms with Crippen LogP contribution in [0.5, 0.6) is 0 Å². The molecule has 2 fully saturated rings.